The van der Waals surface area contributed by atoms with Crippen molar-refractivity contribution in [2.75, 3.05) is 6.54 Å². The Morgan fingerprint density at radius 2 is 2.26 bits per heavy atom. The Morgan fingerprint density at radius 1 is 1.42 bits per heavy atom. The number of imidazole rings is 1. The van der Waals surface area contributed by atoms with Crippen molar-refractivity contribution in [1.29, 1.82) is 0 Å². The monoisotopic (exact) mass is 263 g/mol. The molecule has 0 amide bonds. The summed E-state index contributed by atoms with van der Waals surface area (Å²) in [6.45, 7) is 6.52. The summed E-state index contributed by atoms with van der Waals surface area (Å²) < 4.78 is 2.25. The number of hydrogen-bond donors (Lipinski definition) is 1. The lowest BCUT2D eigenvalue weighted by molar-refractivity contribution is 0.128. The van der Waals surface area contributed by atoms with E-state index in [1.807, 2.05) is 6.20 Å². The molecule has 0 spiro atoms. The smallest absolute Gasteiger partial charge is 0.110 e. The fourth-order valence-corrected chi connectivity index (χ4v) is 3.62. The van der Waals surface area contributed by atoms with Gasteiger partial charge in [-0.2, -0.15) is 0 Å². The van der Waals surface area contributed by atoms with Crippen molar-refractivity contribution in [1.82, 2.24) is 14.5 Å². The minimum atomic E-state index is -0.190. The molecule has 0 aliphatic carbocycles. The molecule has 2 aliphatic rings. The molecule has 2 aliphatic heterocycles. The summed E-state index contributed by atoms with van der Waals surface area (Å²) in [6, 6.07) is 1.25. The van der Waals surface area contributed by atoms with Gasteiger partial charge in [0.1, 0.15) is 5.82 Å². The molecular formula is C15H25N3O. The molecule has 106 valence electrons. The van der Waals surface area contributed by atoms with Crippen molar-refractivity contribution >= 4 is 0 Å². The molecule has 1 saturated heterocycles. The van der Waals surface area contributed by atoms with Crippen molar-refractivity contribution in [2.45, 2.75) is 70.7 Å². The van der Waals surface area contributed by atoms with Gasteiger partial charge >= 0.3 is 0 Å². The highest BCUT2D eigenvalue weighted by Gasteiger charge is 2.29. The predicted octanol–water partition coefficient (Wildman–Crippen LogP) is 1.61. The van der Waals surface area contributed by atoms with Crippen LogP contribution in [0.3, 0.4) is 0 Å². The van der Waals surface area contributed by atoms with Crippen LogP contribution in [0.15, 0.2) is 6.20 Å². The van der Waals surface area contributed by atoms with E-state index in [1.54, 1.807) is 0 Å². The zero-order valence-electron chi connectivity index (χ0n) is 12.0. The molecular weight excluding hydrogens is 238 g/mol. The van der Waals surface area contributed by atoms with Gasteiger partial charge in [0.05, 0.1) is 12.6 Å². The Labute approximate surface area is 115 Å². The van der Waals surface area contributed by atoms with Crippen LogP contribution < -0.4 is 0 Å². The van der Waals surface area contributed by atoms with Crippen molar-refractivity contribution in [3.05, 3.63) is 17.7 Å². The maximum Gasteiger partial charge on any atom is 0.110 e. The first-order chi connectivity index (χ1) is 9.15. The van der Waals surface area contributed by atoms with Crippen LogP contribution in [0.25, 0.3) is 0 Å². The van der Waals surface area contributed by atoms with E-state index in [1.165, 1.54) is 30.9 Å². The van der Waals surface area contributed by atoms with Crippen LogP contribution in [0.2, 0.25) is 0 Å². The zero-order chi connectivity index (χ0) is 13.4. The third kappa shape index (κ3) is 2.56. The number of nitrogens with zero attached hydrogens (tertiary/aromatic N) is 3. The van der Waals surface area contributed by atoms with Gasteiger partial charge in [0.2, 0.25) is 0 Å². The normalized spacial score (nSPS) is 28.0. The van der Waals surface area contributed by atoms with Gasteiger partial charge in [-0.25, -0.2) is 4.98 Å². The van der Waals surface area contributed by atoms with E-state index in [0.29, 0.717) is 12.1 Å². The highest BCUT2D eigenvalue weighted by atomic mass is 16.3. The standard InChI is InChI=1S/C15H25N3O/c1-11(2)17-7-3-4-12(17)8-15-16-9-13-5-6-14(19)10-18(13)15/h9,11-12,14,19H,3-8,10H2,1-2H3. The topological polar surface area (TPSA) is 41.3 Å². The van der Waals surface area contributed by atoms with E-state index >= 15 is 0 Å². The van der Waals surface area contributed by atoms with Crippen LogP contribution >= 0.6 is 0 Å². The molecule has 3 heterocycles. The van der Waals surface area contributed by atoms with E-state index in [4.69, 9.17) is 0 Å². The maximum atomic E-state index is 9.84. The second kappa shape index (κ2) is 5.25. The molecule has 1 fully saturated rings. The summed E-state index contributed by atoms with van der Waals surface area (Å²) in [6.07, 6.45) is 7.28. The molecule has 19 heavy (non-hydrogen) atoms. The van der Waals surface area contributed by atoms with Gasteiger partial charge in [-0.05, 0) is 46.1 Å². The van der Waals surface area contributed by atoms with E-state index in [-0.39, 0.29) is 6.10 Å². The van der Waals surface area contributed by atoms with E-state index in [2.05, 4.69) is 28.3 Å². The average molecular weight is 263 g/mol. The summed E-state index contributed by atoms with van der Waals surface area (Å²) in [7, 11) is 0. The SMILES string of the molecule is CC(C)N1CCCC1Cc1ncc2n1CC(O)CC2. The Morgan fingerprint density at radius 3 is 3.05 bits per heavy atom. The highest BCUT2D eigenvalue weighted by molar-refractivity contribution is 5.10. The third-order valence-corrected chi connectivity index (χ3v) is 4.65. The van der Waals surface area contributed by atoms with Crippen LogP contribution in [0, 0.1) is 0 Å². The predicted molar refractivity (Wildman–Crippen MR) is 75.1 cm³/mol. The minimum Gasteiger partial charge on any atom is -0.391 e. The third-order valence-electron chi connectivity index (χ3n) is 4.65. The number of fused-ring (bicyclic) bond motifs is 1. The Kier molecular flexibility index (Phi) is 3.63. The van der Waals surface area contributed by atoms with Gasteiger partial charge in [0, 0.05) is 30.4 Å². The second-order valence-electron chi connectivity index (χ2n) is 6.30. The lowest BCUT2D eigenvalue weighted by Gasteiger charge is -2.29. The van der Waals surface area contributed by atoms with E-state index < -0.39 is 0 Å². The van der Waals surface area contributed by atoms with Crippen molar-refractivity contribution in [3.8, 4) is 0 Å². The summed E-state index contributed by atoms with van der Waals surface area (Å²) in [4.78, 5) is 7.21. The van der Waals surface area contributed by atoms with Crippen LogP contribution in [0.1, 0.15) is 44.6 Å². The number of hydrogen-bond acceptors (Lipinski definition) is 3. The molecule has 4 nitrogen and oxygen atoms in total. The average Bonchev–Trinajstić information content (AvgIpc) is 2.97. The van der Waals surface area contributed by atoms with Crippen molar-refractivity contribution in [2.24, 2.45) is 0 Å². The summed E-state index contributed by atoms with van der Waals surface area (Å²) in [5, 5.41) is 9.84. The van der Waals surface area contributed by atoms with Gasteiger partial charge in [-0.1, -0.05) is 0 Å². The molecule has 0 saturated carbocycles. The van der Waals surface area contributed by atoms with Gasteiger partial charge in [0.15, 0.2) is 0 Å². The fraction of sp³-hybridized carbons (Fsp3) is 0.800. The Bertz CT molecular complexity index is 441. The first-order valence-electron chi connectivity index (χ1n) is 7.62. The maximum absolute atomic E-state index is 9.84. The zero-order valence-corrected chi connectivity index (χ0v) is 12.0. The molecule has 0 aromatic carbocycles. The van der Waals surface area contributed by atoms with Gasteiger partial charge < -0.3 is 9.67 Å². The Balaban J connectivity index is 1.75. The minimum absolute atomic E-state index is 0.190. The number of rotatable bonds is 3. The van der Waals surface area contributed by atoms with Crippen LogP contribution in [-0.2, 0) is 19.4 Å². The molecule has 4 heteroatoms. The molecule has 1 aromatic heterocycles. The number of likely N-dealkylation sites (tertiary alicyclic amines) is 1. The molecule has 0 radical (unpaired) electrons. The molecule has 1 N–H and O–H groups in total. The lowest BCUT2D eigenvalue weighted by Crippen LogP contribution is -2.37. The molecule has 0 bridgehead atoms. The molecule has 2 atom stereocenters. The number of aryl methyl sites for hydroxylation is 1. The summed E-state index contributed by atoms with van der Waals surface area (Å²) in [5.74, 6) is 1.17. The first kappa shape index (κ1) is 13.1. The number of aromatic nitrogens is 2. The molecule has 3 rings (SSSR count). The van der Waals surface area contributed by atoms with Crippen LogP contribution in [-0.4, -0.2) is 44.3 Å². The van der Waals surface area contributed by atoms with Gasteiger partial charge in [-0.15, -0.1) is 0 Å². The quantitative estimate of drug-likeness (QED) is 0.900. The van der Waals surface area contributed by atoms with Gasteiger partial charge in [-0.3, -0.25) is 4.90 Å². The number of aliphatic hydroxyl groups excluding tert-OH is 1. The molecule has 2 unspecified atom stereocenters. The van der Waals surface area contributed by atoms with E-state index in [0.717, 1.165) is 25.8 Å². The van der Waals surface area contributed by atoms with Crippen molar-refractivity contribution < 1.29 is 5.11 Å². The summed E-state index contributed by atoms with van der Waals surface area (Å²) >= 11 is 0. The largest absolute Gasteiger partial charge is 0.391 e. The molecule has 1 aromatic rings. The summed E-state index contributed by atoms with van der Waals surface area (Å²) in [5.41, 5.74) is 1.30. The first-order valence-corrected chi connectivity index (χ1v) is 7.62. The van der Waals surface area contributed by atoms with E-state index in [9.17, 15) is 5.11 Å². The van der Waals surface area contributed by atoms with Gasteiger partial charge in [0.25, 0.3) is 0 Å². The number of aliphatic hydroxyl groups is 1. The Hall–Kier alpha value is -0.870. The highest BCUT2D eigenvalue weighted by Crippen LogP contribution is 2.25. The van der Waals surface area contributed by atoms with Crippen LogP contribution in [0.5, 0.6) is 0 Å². The van der Waals surface area contributed by atoms with Crippen molar-refractivity contribution in [3.63, 3.8) is 0 Å². The second-order valence-corrected chi connectivity index (χ2v) is 6.30. The lowest BCUT2D eigenvalue weighted by atomic mass is 10.1. The fourth-order valence-electron chi connectivity index (χ4n) is 3.62. The van der Waals surface area contributed by atoms with Crippen LogP contribution in [0.4, 0.5) is 0 Å².